The third-order valence-electron chi connectivity index (χ3n) is 5.40. The van der Waals surface area contributed by atoms with E-state index >= 15 is 0 Å². The molecular formula is C24H28N4O. The van der Waals surface area contributed by atoms with E-state index in [1.165, 1.54) is 0 Å². The lowest BCUT2D eigenvalue weighted by molar-refractivity contribution is -0.121. The van der Waals surface area contributed by atoms with E-state index in [1.807, 2.05) is 18.3 Å². The van der Waals surface area contributed by atoms with Gasteiger partial charge >= 0.3 is 0 Å². The van der Waals surface area contributed by atoms with E-state index in [2.05, 4.69) is 67.6 Å². The van der Waals surface area contributed by atoms with Crippen LogP contribution in [-0.4, -0.2) is 28.5 Å². The van der Waals surface area contributed by atoms with Gasteiger partial charge in [-0.2, -0.15) is 0 Å². The molecule has 0 bridgehead atoms. The Hall–Kier alpha value is -2.95. The molecule has 0 spiro atoms. The summed E-state index contributed by atoms with van der Waals surface area (Å²) in [6.45, 7) is 9.30. The van der Waals surface area contributed by atoms with Crippen molar-refractivity contribution in [2.24, 2.45) is 5.41 Å². The van der Waals surface area contributed by atoms with Crippen LogP contribution >= 0.6 is 0 Å². The molecular weight excluding hydrogens is 360 g/mol. The molecule has 1 amide bonds. The average molecular weight is 389 g/mol. The van der Waals surface area contributed by atoms with E-state index in [0.717, 1.165) is 45.5 Å². The predicted octanol–water partition coefficient (Wildman–Crippen LogP) is 4.49. The molecule has 4 rings (SSSR count). The molecule has 1 aliphatic rings. The van der Waals surface area contributed by atoms with Crippen LogP contribution in [-0.2, 0) is 11.2 Å². The second kappa shape index (κ2) is 7.47. The molecule has 3 aromatic rings. The van der Waals surface area contributed by atoms with Gasteiger partial charge in [0.05, 0.1) is 11.2 Å². The Bertz CT molecular complexity index is 1070. The van der Waals surface area contributed by atoms with Gasteiger partial charge in [0.15, 0.2) is 0 Å². The molecule has 0 fully saturated rings. The van der Waals surface area contributed by atoms with Crippen molar-refractivity contribution in [3.63, 3.8) is 0 Å². The minimum absolute atomic E-state index is 0.0427. The van der Waals surface area contributed by atoms with Crippen LogP contribution in [0.15, 0.2) is 42.6 Å². The highest BCUT2D eigenvalue weighted by Gasteiger charge is 2.28. The van der Waals surface area contributed by atoms with Crippen LogP contribution in [0.3, 0.4) is 0 Å². The molecule has 1 atom stereocenters. The lowest BCUT2D eigenvalue weighted by atomic mass is 9.92. The van der Waals surface area contributed by atoms with Gasteiger partial charge in [-0.15, -0.1) is 0 Å². The summed E-state index contributed by atoms with van der Waals surface area (Å²) < 4.78 is 0. The molecule has 5 heteroatoms. The predicted molar refractivity (Wildman–Crippen MR) is 118 cm³/mol. The summed E-state index contributed by atoms with van der Waals surface area (Å²) in [4.78, 5) is 21.8. The van der Waals surface area contributed by atoms with Crippen LogP contribution in [0.5, 0.6) is 0 Å². The molecule has 1 aliphatic heterocycles. The molecule has 0 saturated carbocycles. The normalized spacial score (nSPS) is 15.8. The molecule has 3 heterocycles. The maximum absolute atomic E-state index is 12.6. The Labute approximate surface area is 172 Å². The van der Waals surface area contributed by atoms with Crippen molar-refractivity contribution in [1.82, 2.24) is 15.3 Å². The molecule has 0 aliphatic carbocycles. The van der Waals surface area contributed by atoms with Crippen molar-refractivity contribution >= 4 is 22.6 Å². The molecule has 2 aromatic heterocycles. The molecule has 1 aromatic carbocycles. The number of rotatable bonds is 4. The Kier molecular flexibility index (Phi) is 4.99. The molecule has 150 valence electrons. The van der Waals surface area contributed by atoms with Gasteiger partial charge in [-0.05, 0) is 54.2 Å². The van der Waals surface area contributed by atoms with Crippen molar-refractivity contribution in [3.8, 4) is 11.3 Å². The van der Waals surface area contributed by atoms with Gasteiger partial charge in [-0.3, -0.25) is 9.78 Å². The minimum Gasteiger partial charge on any atom is -0.358 e. The number of carbonyl (C=O) groups excluding carboxylic acids is 1. The molecule has 0 saturated heterocycles. The Balaban J connectivity index is 1.53. The number of carbonyl (C=O) groups is 1. The van der Waals surface area contributed by atoms with Crippen LogP contribution in [0.4, 0.5) is 5.82 Å². The maximum Gasteiger partial charge on any atom is 0.242 e. The summed E-state index contributed by atoms with van der Waals surface area (Å²) in [5.41, 5.74) is 5.44. The van der Waals surface area contributed by atoms with Crippen molar-refractivity contribution < 1.29 is 4.79 Å². The first-order chi connectivity index (χ1) is 13.8. The van der Waals surface area contributed by atoms with E-state index in [9.17, 15) is 4.79 Å². The lowest BCUT2D eigenvalue weighted by Gasteiger charge is -2.19. The van der Waals surface area contributed by atoms with Crippen molar-refractivity contribution in [1.29, 1.82) is 0 Å². The highest BCUT2D eigenvalue weighted by Crippen LogP contribution is 2.30. The van der Waals surface area contributed by atoms with Crippen LogP contribution in [0.2, 0.25) is 0 Å². The van der Waals surface area contributed by atoms with E-state index in [0.29, 0.717) is 13.0 Å². The first kappa shape index (κ1) is 19.4. The standard InChI is InChI=1S/C24H28N4O/c1-15-6-5-10-25-21(15)16-7-8-19-17(12-16)13-18-14-20(28-22(18)27-19)23(29)26-11-9-24(2,3)4/h5-8,10,12-13,20H,9,11,14H2,1-4H3,(H,26,29)(H,27,28). The number of nitrogens with zero attached hydrogens (tertiary/aromatic N) is 2. The third-order valence-corrected chi connectivity index (χ3v) is 5.40. The number of pyridine rings is 2. The molecule has 2 N–H and O–H groups in total. The second-order valence-corrected chi connectivity index (χ2v) is 9.08. The Morgan fingerprint density at radius 2 is 2.07 bits per heavy atom. The van der Waals surface area contributed by atoms with Gasteiger partial charge < -0.3 is 10.6 Å². The van der Waals surface area contributed by atoms with Gasteiger partial charge in [0.2, 0.25) is 5.91 Å². The molecule has 1 unspecified atom stereocenters. The van der Waals surface area contributed by atoms with Crippen LogP contribution in [0.25, 0.3) is 22.2 Å². The van der Waals surface area contributed by atoms with Gasteiger partial charge in [-0.1, -0.05) is 32.9 Å². The average Bonchev–Trinajstić information content (AvgIpc) is 3.08. The maximum atomic E-state index is 12.6. The monoisotopic (exact) mass is 388 g/mol. The number of aromatic nitrogens is 2. The number of fused-ring (bicyclic) bond motifs is 2. The summed E-state index contributed by atoms with van der Waals surface area (Å²) in [5, 5.41) is 7.42. The van der Waals surface area contributed by atoms with Crippen LogP contribution in [0, 0.1) is 12.3 Å². The fourth-order valence-electron chi connectivity index (χ4n) is 3.71. The van der Waals surface area contributed by atoms with E-state index in [-0.39, 0.29) is 17.4 Å². The number of benzene rings is 1. The highest BCUT2D eigenvalue weighted by atomic mass is 16.2. The summed E-state index contributed by atoms with van der Waals surface area (Å²) in [5.74, 6) is 0.858. The van der Waals surface area contributed by atoms with Gasteiger partial charge in [0, 0.05) is 30.1 Å². The number of hydrogen-bond donors (Lipinski definition) is 2. The quantitative estimate of drug-likeness (QED) is 0.691. The largest absolute Gasteiger partial charge is 0.358 e. The SMILES string of the molecule is Cc1cccnc1-c1ccc2nc3c(cc2c1)CC(C(=O)NCCC(C)(C)C)N3. The first-order valence-corrected chi connectivity index (χ1v) is 10.2. The van der Waals surface area contributed by atoms with Crippen molar-refractivity contribution in [3.05, 3.63) is 53.7 Å². The van der Waals surface area contributed by atoms with Crippen molar-refractivity contribution in [2.75, 3.05) is 11.9 Å². The molecule has 0 radical (unpaired) electrons. The minimum atomic E-state index is -0.258. The highest BCUT2D eigenvalue weighted by molar-refractivity contribution is 5.91. The van der Waals surface area contributed by atoms with E-state index < -0.39 is 0 Å². The summed E-state index contributed by atoms with van der Waals surface area (Å²) in [7, 11) is 0. The van der Waals surface area contributed by atoms with Gasteiger partial charge in [-0.25, -0.2) is 4.98 Å². The summed E-state index contributed by atoms with van der Waals surface area (Å²) in [6, 6.07) is 12.1. The third kappa shape index (κ3) is 4.24. The fourth-order valence-corrected chi connectivity index (χ4v) is 3.71. The topological polar surface area (TPSA) is 66.9 Å². The van der Waals surface area contributed by atoms with Crippen molar-refractivity contribution in [2.45, 2.75) is 46.6 Å². The second-order valence-electron chi connectivity index (χ2n) is 9.08. The Morgan fingerprint density at radius 3 is 2.83 bits per heavy atom. The number of amides is 1. The zero-order valence-corrected chi connectivity index (χ0v) is 17.5. The molecule has 5 nitrogen and oxygen atoms in total. The summed E-state index contributed by atoms with van der Waals surface area (Å²) in [6.07, 6.45) is 3.43. The lowest BCUT2D eigenvalue weighted by Crippen LogP contribution is -2.39. The first-order valence-electron chi connectivity index (χ1n) is 10.2. The van der Waals surface area contributed by atoms with E-state index in [1.54, 1.807) is 0 Å². The Morgan fingerprint density at radius 1 is 1.24 bits per heavy atom. The summed E-state index contributed by atoms with van der Waals surface area (Å²) >= 11 is 0. The van der Waals surface area contributed by atoms with Gasteiger partial charge in [0.1, 0.15) is 11.9 Å². The van der Waals surface area contributed by atoms with E-state index in [4.69, 9.17) is 4.98 Å². The fraction of sp³-hybridized carbons (Fsp3) is 0.375. The van der Waals surface area contributed by atoms with Crippen LogP contribution in [0.1, 0.15) is 38.3 Å². The molecule has 29 heavy (non-hydrogen) atoms. The number of anilines is 1. The zero-order valence-electron chi connectivity index (χ0n) is 17.5. The number of aryl methyl sites for hydroxylation is 1. The number of nitrogens with one attached hydrogen (secondary N) is 2. The smallest absolute Gasteiger partial charge is 0.242 e. The zero-order chi connectivity index (χ0) is 20.6. The van der Waals surface area contributed by atoms with Gasteiger partial charge in [0.25, 0.3) is 0 Å². The number of hydrogen-bond acceptors (Lipinski definition) is 4. The van der Waals surface area contributed by atoms with Crippen LogP contribution < -0.4 is 10.6 Å².